The van der Waals surface area contributed by atoms with Crippen molar-refractivity contribution in [2.24, 2.45) is 0 Å². The Morgan fingerprint density at radius 1 is 0.287 bits per heavy atom. The molecule has 9 aromatic carbocycles. The van der Waals surface area contributed by atoms with Crippen LogP contribution < -0.4 is 0 Å². The summed E-state index contributed by atoms with van der Waals surface area (Å²) in [6.07, 6.45) is 23.8. The summed E-state index contributed by atoms with van der Waals surface area (Å²) in [7, 11) is -20.3. The van der Waals surface area contributed by atoms with Gasteiger partial charge in [-0.2, -0.15) is 0 Å². The van der Waals surface area contributed by atoms with E-state index in [1.165, 1.54) is 37.5 Å². The van der Waals surface area contributed by atoms with Crippen molar-refractivity contribution in [3.8, 4) is 33.4 Å². The summed E-state index contributed by atoms with van der Waals surface area (Å²) < 4.78 is 146. The predicted octanol–water partition coefficient (Wildman–Crippen LogP) is 20.6. The highest BCUT2D eigenvalue weighted by Crippen LogP contribution is 2.43. The third-order valence-corrected chi connectivity index (χ3v) is 33.1. The molecule has 0 atom stereocenters. The van der Waals surface area contributed by atoms with Gasteiger partial charge in [-0.05, 0) is 293 Å². The number of rotatable bonds is 22. The number of nitrogens with zero attached hydrogens (tertiary/aromatic N) is 6. The second-order valence-corrected chi connectivity index (χ2v) is 48.3. The molecule has 15 rings (SSSR count). The Morgan fingerprint density at radius 3 is 0.791 bits per heavy atom. The highest BCUT2D eigenvalue weighted by molar-refractivity contribution is 7.92. The minimum Gasteiger partial charge on any atom is -0.386 e. The zero-order valence-corrected chi connectivity index (χ0v) is 79.3. The van der Waals surface area contributed by atoms with Gasteiger partial charge in [-0.15, -0.1) is 0 Å². The zero-order valence-electron chi connectivity index (χ0n) is 74.4. The molecule has 0 aliphatic heterocycles. The van der Waals surface area contributed by atoms with Gasteiger partial charge < -0.3 is 5.11 Å². The lowest BCUT2D eigenvalue weighted by Crippen LogP contribution is -2.28. The first-order valence-electron chi connectivity index (χ1n) is 41.1. The number of hydrogen-bond acceptors (Lipinski definition) is 19. The number of aromatic nitrogens is 6. The Hall–Kier alpha value is -12.5. The summed E-state index contributed by atoms with van der Waals surface area (Å²) in [5.74, 6) is 0. The average molecular weight is 1830 g/mol. The third kappa shape index (κ3) is 21.4. The summed E-state index contributed by atoms with van der Waals surface area (Å²) in [6.45, 7) is 17.6. The van der Waals surface area contributed by atoms with Gasteiger partial charge in [0.1, 0.15) is 0 Å². The van der Waals surface area contributed by atoms with Crippen molar-refractivity contribution in [2.75, 3.05) is 37.5 Å². The van der Waals surface area contributed by atoms with Crippen molar-refractivity contribution in [1.82, 2.24) is 29.9 Å². The number of aryl methyl sites for hydroxylation is 2. The number of sulfone groups is 6. The molecule has 6 aromatic heterocycles. The molecule has 0 saturated heterocycles. The molecule has 15 aromatic rings. The largest absolute Gasteiger partial charge is 0.386 e. The molecule has 129 heavy (non-hydrogen) atoms. The van der Waals surface area contributed by atoms with Crippen LogP contribution in [-0.4, -0.2) is 123 Å². The molecule has 0 saturated carbocycles. The quantitative estimate of drug-likeness (QED) is 0.0616. The third-order valence-electron chi connectivity index (χ3n) is 23.4. The van der Waals surface area contributed by atoms with E-state index in [2.05, 4.69) is 29.9 Å². The van der Waals surface area contributed by atoms with E-state index in [1.54, 1.807) is 165 Å². The maximum atomic E-state index is 12.8. The van der Waals surface area contributed by atoms with Gasteiger partial charge in [-0.3, -0.25) is 29.9 Å². The first-order chi connectivity index (χ1) is 60.4. The fourth-order valence-corrected chi connectivity index (χ4v) is 18.1. The fraction of sp³-hybridized carbons (Fsp3) is 0.192. The van der Waals surface area contributed by atoms with Crippen molar-refractivity contribution in [2.45, 2.75) is 104 Å². The van der Waals surface area contributed by atoms with Crippen LogP contribution in [0.4, 0.5) is 0 Å². The minimum absolute atomic E-state index is 0.217. The molecule has 0 amide bonds. The topological polar surface area (TPSA) is 302 Å². The summed E-state index contributed by atoms with van der Waals surface area (Å²) in [5.41, 5.74) is 20.8. The van der Waals surface area contributed by atoms with Crippen LogP contribution in [0, 0.1) is 13.8 Å². The molecule has 660 valence electrons. The van der Waals surface area contributed by atoms with Crippen LogP contribution in [0.2, 0.25) is 0 Å². The number of pyridine rings is 6. The van der Waals surface area contributed by atoms with Gasteiger partial charge in [-0.25, -0.2) is 50.5 Å². The van der Waals surface area contributed by atoms with Gasteiger partial charge in [0.25, 0.3) is 0 Å². The van der Waals surface area contributed by atoms with E-state index in [0.717, 1.165) is 139 Å². The van der Waals surface area contributed by atoms with Crippen LogP contribution in [0.5, 0.6) is 0 Å². The summed E-state index contributed by atoms with van der Waals surface area (Å²) in [6, 6.07) is 78.4. The van der Waals surface area contributed by atoms with Crippen LogP contribution >= 0.6 is 0 Å². The molecule has 6 heterocycles. The van der Waals surface area contributed by atoms with Gasteiger partial charge in [0.15, 0.2) is 59.0 Å². The molecule has 19 nitrogen and oxygen atoms in total. The summed E-state index contributed by atoms with van der Waals surface area (Å²) >= 11 is 0. The van der Waals surface area contributed by atoms with Crippen LogP contribution in [0.3, 0.4) is 0 Å². The van der Waals surface area contributed by atoms with E-state index in [1.807, 2.05) is 214 Å². The van der Waals surface area contributed by atoms with Crippen LogP contribution in [-0.2, 0) is 78.9 Å². The Kier molecular flexibility index (Phi) is 26.7. The van der Waals surface area contributed by atoms with Gasteiger partial charge in [-0.1, -0.05) is 127 Å². The Balaban J connectivity index is 0.000000165. The van der Waals surface area contributed by atoms with E-state index >= 15 is 0 Å². The molecule has 25 heteroatoms. The van der Waals surface area contributed by atoms with Crippen molar-refractivity contribution >= 4 is 127 Å². The predicted molar refractivity (Wildman–Crippen MR) is 522 cm³/mol. The molecular formula is C104H100N6O13S6. The van der Waals surface area contributed by atoms with Gasteiger partial charge in [0.05, 0.1) is 68.2 Å². The van der Waals surface area contributed by atoms with Crippen LogP contribution in [0.15, 0.2) is 307 Å². The minimum atomic E-state index is -3.42. The van der Waals surface area contributed by atoms with E-state index in [-0.39, 0.29) is 14.7 Å². The zero-order chi connectivity index (χ0) is 93.4. The van der Waals surface area contributed by atoms with Gasteiger partial charge in [0.2, 0.25) is 0 Å². The molecule has 0 aliphatic rings. The monoisotopic (exact) mass is 1830 g/mol. The molecule has 1 N–H and O–H groups in total. The average Bonchev–Trinajstić information content (AvgIpc) is 0.764. The normalized spacial score (nSPS) is 13.0. The number of benzene rings is 9. The first-order valence-corrected chi connectivity index (χ1v) is 52.5. The summed E-state index contributed by atoms with van der Waals surface area (Å²) in [4.78, 5) is 28.6. The van der Waals surface area contributed by atoms with E-state index < -0.39 is 78.9 Å². The van der Waals surface area contributed by atoms with E-state index in [0.29, 0.717) is 27.9 Å². The van der Waals surface area contributed by atoms with Crippen molar-refractivity contribution in [1.29, 1.82) is 0 Å². The molecule has 0 fully saturated rings. The number of aliphatic hydroxyl groups is 1. The lowest BCUT2D eigenvalue weighted by atomic mass is 9.92. The molecule has 0 aliphatic carbocycles. The maximum absolute atomic E-state index is 12.8. The van der Waals surface area contributed by atoms with Crippen LogP contribution in [0.1, 0.15) is 139 Å². The molecule has 0 radical (unpaired) electrons. The first kappa shape index (κ1) is 94.2. The fourth-order valence-electron chi connectivity index (χ4n) is 14.5. The van der Waals surface area contributed by atoms with E-state index in [9.17, 15) is 55.6 Å². The lowest BCUT2D eigenvalue weighted by Gasteiger charge is -2.24. The molecule has 0 bridgehead atoms. The SMILES string of the molecule is CC(C)(O)c1ccc(/C(=C/c2cccc(-c3cc(C(C)(C)S(C)(=O)=O)cc4cccnc34)c2)c2ccc(S(C)(=O)=O)cc2)nc1.Cc1ccc(/C(=C/c2cccc(-c3cc(C(C)(C)S(C)(=O)=O)cc4cccnc34)c2)c2ccc(S(C)(=O)=O)cc2)nc1.Cc1ccc(/C(=C\c2cccc(-c3cc(C(C)(C)S(C)(=O)=O)cc4cccnc34)c2)c2ccc(S(C)(=O)=O)cc2)nc1. The van der Waals surface area contributed by atoms with Crippen molar-refractivity contribution < 1.29 is 55.6 Å². The molecule has 0 unspecified atom stereocenters. The highest BCUT2D eigenvalue weighted by Gasteiger charge is 2.36. The van der Waals surface area contributed by atoms with E-state index in [4.69, 9.17) is 0 Å². The highest BCUT2D eigenvalue weighted by atomic mass is 32.2. The molecular weight excluding hydrogens is 1730 g/mol. The standard InChI is InChI=1S/C36H36N2O5S2.2C34H32N2O4S2/c1-35(2,39)28-14-17-33(38-23-28)31(25-12-15-30(16-13-25)44(5,40)41)20-24-9-7-10-26(19-24)32-22-29(36(3,4)45(6,42)43)21-27-11-8-18-37-34(27)32;2*1-23-11-16-32(36-22-23)30(25-12-14-29(15-13-25)41(4,37)38)19-24-8-6-9-26(18-24)31-21-28(34(2,3)42(5,39)40)20-27-10-7-17-35-33(27)31/h7-23,39H,1-6H3;2*6-22H,1-5H3/b31-20+;30-19+;30-19-. The second kappa shape index (κ2) is 36.6. The smallest absolute Gasteiger partial charge is 0.175 e. The van der Waals surface area contributed by atoms with Crippen molar-refractivity contribution in [3.63, 3.8) is 0 Å². The Morgan fingerprint density at radius 2 is 0.558 bits per heavy atom. The van der Waals surface area contributed by atoms with Gasteiger partial charge in [0, 0.05) is 130 Å². The maximum Gasteiger partial charge on any atom is 0.175 e. The Bertz CT molecular complexity index is 7390. The lowest BCUT2D eigenvalue weighted by molar-refractivity contribution is 0.0782. The molecule has 0 spiro atoms. The van der Waals surface area contributed by atoms with Gasteiger partial charge >= 0.3 is 0 Å². The summed E-state index contributed by atoms with van der Waals surface area (Å²) in [5, 5.41) is 13.0. The van der Waals surface area contributed by atoms with Crippen molar-refractivity contribution in [3.05, 3.63) is 376 Å². The van der Waals surface area contributed by atoms with Crippen LogP contribution in [0.25, 0.3) is 101 Å². The number of fused-ring (bicyclic) bond motifs is 3. The number of hydrogen-bond donors (Lipinski definition) is 1. The second-order valence-electron chi connectivity index (χ2n) is 34.5. The Labute approximate surface area is 756 Å².